The van der Waals surface area contributed by atoms with Crippen molar-refractivity contribution in [1.82, 2.24) is 0 Å². The molecular weight excluding hydrogens is 312 g/mol. The fourth-order valence-electron chi connectivity index (χ4n) is 1.58. The van der Waals surface area contributed by atoms with Crippen LogP contribution in [0.1, 0.15) is 32.1 Å². The van der Waals surface area contributed by atoms with Crippen LogP contribution >= 0.6 is 0 Å². The van der Waals surface area contributed by atoms with E-state index in [0.717, 1.165) is 25.7 Å². The van der Waals surface area contributed by atoms with Gasteiger partial charge in [-0.05, 0) is 19.3 Å². The van der Waals surface area contributed by atoms with E-state index in [2.05, 4.69) is 18.9 Å². The normalized spacial score (nSPS) is 20.5. The summed E-state index contributed by atoms with van der Waals surface area (Å²) in [4.78, 5) is 40.7. The average molecular weight is 332 g/mol. The maximum Gasteiger partial charge on any atom is 0.508 e. The molecule has 0 saturated carbocycles. The SMILES string of the molecule is O=C1CCCCCO1.O=C1COC(=O)CO1.O=C1OCCCO1. The summed E-state index contributed by atoms with van der Waals surface area (Å²) in [6.45, 7) is 1.19. The van der Waals surface area contributed by atoms with Gasteiger partial charge in [0.1, 0.15) is 0 Å². The number of hydrogen-bond donors (Lipinski definition) is 0. The summed E-state index contributed by atoms with van der Waals surface area (Å²) in [5, 5.41) is 0. The Labute approximate surface area is 133 Å². The maximum absolute atomic E-state index is 10.5. The summed E-state index contributed by atoms with van der Waals surface area (Å²) >= 11 is 0. The molecule has 9 nitrogen and oxygen atoms in total. The van der Waals surface area contributed by atoms with Gasteiger partial charge in [-0.25, -0.2) is 14.4 Å². The molecule has 3 fully saturated rings. The zero-order chi connectivity index (χ0) is 16.9. The molecule has 0 atom stereocenters. The van der Waals surface area contributed by atoms with Gasteiger partial charge in [0, 0.05) is 12.8 Å². The number of cyclic esters (lactones) is 5. The Morgan fingerprint density at radius 1 is 0.522 bits per heavy atom. The van der Waals surface area contributed by atoms with Crippen LogP contribution in [-0.4, -0.2) is 57.1 Å². The van der Waals surface area contributed by atoms with Crippen molar-refractivity contribution in [2.45, 2.75) is 32.1 Å². The average Bonchev–Trinajstić information content (AvgIpc) is 2.80. The first kappa shape index (κ1) is 18.7. The summed E-state index contributed by atoms with van der Waals surface area (Å²) in [5.41, 5.74) is 0. The van der Waals surface area contributed by atoms with Gasteiger partial charge in [0.25, 0.3) is 0 Å². The molecule has 0 aromatic heterocycles. The molecule has 23 heavy (non-hydrogen) atoms. The maximum atomic E-state index is 10.5. The first-order chi connectivity index (χ1) is 11.1. The lowest BCUT2D eigenvalue weighted by Gasteiger charge is -2.09. The molecular formula is C14H20O9. The van der Waals surface area contributed by atoms with Crippen LogP contribution in [0.15, 0.2) is 0 Å². The molecule has 0 spiro atoms. The summed E-state index contributed by atoms with van der Waals surface area (Å²) in [6.07, 6.45) is 4.12. The zero-order valence-corrected chi connectivity index (χ0v) is 12.7. The van der Waals surface area contributed by atoms with Crippen LogP contribution in [0.3, 0.4) is 0 Å². The molecule has 3 aliphatic heterocycles. The molecule has 3 saturated heterocycles. The fourth-order valence-corrected chi connectivity index (χ4v) is 1.58. The van der Waals surface area contributed by atoms with Gasteiger partial charge in [-0.3, -0.25) is 4.79 Å². The highest BCUT2D eigenvalue weighted by Gasteiger charge is 2.16. The second-order valence-corrected chi connectivity index (χ2v) is 4.65. The van der Waals surface area contributed by atoms with Crippen LogP contribution in [0.2, 0.25) is 0 Å². The minimum Gasteiger partial charge on any atom is -0.466 e. The molecule has 0 amide bonds. The molecule has 0 N–H and O–H groups in total. The molecule has 9 heteroatoms. The molecule has 3 aliphatic rings. The van der Waals surface area contributed by atoms with E-state index in [1.165, 1.54) is 0 Å². The highest BCUT2D eigenvalue weighted by Crippen LogP contribution is 2.06. The van der Waals surface area contributed by atoms with Crippen LogP contribution < -0.4 is 0 Å². The van der Waals surface area contributed by atoms with E-state index in [4.69, 9.17) is 4.74 Å². The van der Waals surface area contributed by atoms with Crippen molar-refractivity contribution in [3.8, 4) is 0 Å². The van der Waals surface area contributed by atoms with Crippen molar-refractivity contribution in [3.63, 3.8) is 0 Å². The monoisotopic (exact) mass is 332 g/mol. The molecule has 0 bridgehead atoms. The molecule has 0 radical (unpaired) electrons. The van der Waals surface area contributed by atoms with Crippen molar-refractivity contribution in [2.24, 2.45) is 0 Å². The standard InChI is InChI=1S/C6H10O2.C4H4O4.C4H6O3/c7-6-4-2-1-3-5-8-6;5-3-1-7-4(6)2-8-3;5-4-6-2-1-3-7-4/h1-5H2;1-2H2;1-3H2. The molecule has 0 aromatic rings. The summed E-state index contributed by atoms with van der Waals surface area (Å²) in [5.74, 6) is -0.989. The minimum atomic E-state index is -0.536. The quantitative estimate of drug-likeness (QED) is 0.467. The van der Waals surface area contributed by atoms with Crippen LogP contribution in [0.25, 0.3) is 0 Å². The van der Waals surface area contributed by atoms with Gasteiger partial charge in [-0.15, -0.1) is 0 Å². The molecule has 130 valence electrons. The third-order valence-corrected chi connectivity index (χ3v) is 2.72. The number of hydrogen-bond acceptors (Lipinski definition) is 9. The summed E-state index contributed by atoms with van der Waals surface area (Å²) in [7, 11) is 0. The Kier molecular flexibility index (Phi) is 9.18. The van der Waals surface area contributed by atoms with Gasteiger partial charge in [-0.2, -0.15) is 0 Å². The molecule has 0 unspecified atom stereocenters. The number of ether oxygens (including phenoxy) is 5. The van der Waals surface area contributed by atoms with Gasteiger partial charge < -0.3 is 23.7 Å². The molecule has 3 rings (SSSR count). The number of rotatable bonds is 0. The molecule has 3 heterocycles. The van der Waals surface area contributed by atoms with E-state index in [1.807, 2.05) is 0 Å². The number of esters is 3. The Morgan fingerprint density at radius 3 is 1.57 bits per heavy atom. The fraction of sp³-hybridized carbons (Fsp3) is 0.714. The van der Waals surface area contributed by atoms with Gasteiger partial charge in [-0.1, -0.05) is 0 Å². The number of carbonyl (C=O) groups is 4. The molecule has 0 aliphatic carbocycles. The van der Waals surface area contributed by atoms with Crippen molar-refractivity contribution in [3.05, 3.63) is 0 Å². The van der Waals surface area contributed by atoms with Crippen LogP contribution in [0.4, 0.5) is 4.79 Å². The lowest BCUT2D eigenvalue weighted by Crippen LogP contribution is -2.27. The van der Waals surface area contributed by atoms with Crippen molar-refractivity contribution >= 4 is 24.1 Å². The van der Waals surface area contributed by atoms with Crippen LogP contribution in [-0.2, 0) is 38.1 Å². The Balaban J connectivity index is 0.000000173. The van der Waals surface area contributed by atoms with Crippen LogP contribution in [0, 0.1) is 0 Å². The smallest absolute Gasteiger partial charge is 0.466 e. The van der Waals surface area contributed by atoms with Crippen molar-refractivity contribution in [1.29, 1.82) is 0 Å². The number of carbonyl (C=O) groups excluding carboxylic acids is 4. The van der Waals surface area contributed by atoms with E-state index in [1.54, 1.807) is 0 Å². The topological polar surface area (TPSA) is 114 Å². The van der Waals surface area contributed by atoms with Gasteiger partial charge in [0.2, 0.25) is 0 Å². The second kappa shape index (κ2) is 11.3. The van der Waals surface area contributed by atoms with E-state index in [9.17, 15) is 19.2 Å². The largest absolute Gasteiger partial charge is 0.508 e. The lowest BCUT2D eigenvalue weighted by atomic mass is 10.2. The molecule has 0 aromatic carbocycles. The van der Waals surface area contributed by atoms with Crippen molar-refractivity contribution in [2.75, 3.05) is 33.0 Å². The first-order valence-corrected chi connectivity index (χ1v) is 7.34. The Hall–Kier alpha value is -2.32. The van der Waals surface area contributed by atoms with Gasteiger partial charge in [0.05, 0.1) is 19.8 Å². The summed E-state index contributed by atoms with van der Waals surface area (Å²) in [6, 6.07) is 0. The third-order valence-electron chi connectivity index (χ3n) is 2.72. The predicted molar refractivity (Wildman–Crippen MR) is 73.3 cm³/mol. The zero-order valence-electron chi connectivity index (χ0n) is 12.7. The third kappa shape index (κ3) is 10.1. The lowest BCUT2D eigenvalue weighted by molar-refractivity contribution is -0.174. The first-order valence-electron chi connectivity index (χ1n) is 7.34. The minimum absolute atomic E-state index is 0.0255. The Bertz CT molecular complexity index is 372. The van der Waals surface area contributed by atoms with Crippen LogP contribution in [0.5, 0.6) is 0 Å². The van der Waals surface area contributed by atoms with E-state index >= 15 is 0 Å². The Morgan fingerprint density at radius 2 is 1.09 bits per heavy atom. The van der Waals surface area contributed by atoms with E-state index in [0.29, 0.717) is 26.2 Å². The van der Waals surface area contributed by atoms with Crippen molar-refractivity contribution < 1.29 is 42.9 Å². The highest BCUT2D eigenvalue weighted by atomic mass is 16.7. The van der Waals surface area contributed by atoms with E-state index in [-0.39, 0.29) is 19.2 Å². The van der Waals surface area contributed by atoms with Gasteiger partial charge in [0.15, 0.2) is 13.2 Å². The predicted octanol–water partition coefficient (Wildman–Crippen LogP) is 0.733. The highest BCUT2D eigenvalue weighted by molar-refractivity contribution is 5.82. The van der Waals surface area contributed by atoms with Gasteiger partial charge >= 0.3 is 24.1 Å². The second-order valence-electron chi connectivity index (χ2n) is 4.65. The summed E-state index contributed by atoms with van der Waals surface area (Å²) < 4.78 is 22.2. The van der Waals surface area contributed by atoms with E-state index < -0.39 is 18.1 Å².